The summed E-state index contributed by atoms with van der Waals surface area (Å²) in [6.45, 7) is 0.558. The molecule has 1 fully saturated rings. The van der Waals surface area contributed by atoms with Gasteiger partial charge >= 0.3 is 12.1 Å². The summed E-state index contributed by atoms with van der Waals surface area (Å²) in [5, 5.41) is 12.1. The quantitative estimate of drug-likeness (QED) is 0.871. The second kappa shape index (κ2) is 5.21. The second-order valence-electron chi connectivity index (χ2n) is 4.69. The second-order valence-corrected chi connectivity index (χ2v) is 4.69. The van der Waals surface area contributed by atoms with Gasteiger partial charge in [-0.05, 0) is 37.1 Å². The van der Waals surface area contributed by atoms with Crippen LogP contribution < -0.4 is 5.32 Å². The molecule has 1 heterocycles. The number of nitrogens with one attached hydrogen (secondary N) is 1. The van der Waals surface area contributed by atoms with E-state index in [0.29, 0.717) is 24.9 Å². The van der Waals surface area contributed by atoms with E-state index in [9.17, 15) is 18.0 Å². The molecule has 3 nitrogen and oxygen atoms in total. The predicted molar refractivity (Wildman–Crippen MR) is 62.5 cm³/mol. The Labute approximate surface area is 108 Å². The van der Waals surface area contributed by atoms with Gasteiger partial charge in [-0.15, -0.1) is 0 Å². The Morgan fingerprint density at radius 1 is 1.26 bits per heavy atom. The van der Waals surface area contributed by atoms with Crippen molar-refractivity contribution in [2.24, 2.45) is 5.92 Å². The van der Waals surface area contributed by atoms with Gasteiger partial charge in [-0.2, -0.15) is 13.2 Å². The van der Waals surface area contributed by atoms with Gasteiger partial charge in [0.25, 0.3) is 0 Å². The lowest BCUT2D eigenvalue weighted by molar-refractivity contribution is -0.143. The molecule has 1 aromatic rings. The average molecular weight is 273 g/mol. The SMILES string of the molecule is O=C(O)C1CCNC(c2ccc(C(F)(F)F)cc2)C1. The summed E-state index contributed by atoms with van der Waals surface area (Å²) < 4.78 is 37.3. The molecule has 0 spiro atoms. The molecule has 0 amide bonds. The number of benzene rings is 1. The third-order valence-electron chi connectivity index (χ3n) is 3.39. The third-order valence-corrected chi connectivity index (χ3v) is 3.39. The Kier molecular flexibility index (Phi) is 3.80. The number of carboxylic acids is 1. The predicted octanol–water partition coefficient (Wildman–Crippen LogP) is 2.83. The van der Waals surface area contributed by atoms with Crippen LogP contribution in [0.15, 0.2) is 24.3 Å². The van der Waals surface area contributed by atoms with Crippen LogP contribution in [0.5, 0.6) is 0 Å². The first-order valence-electron chi connectivity index (χ1n) is 6.01. The molecule has 0 aromatic heterocycles. The number of alkyl halides is 3. The van der Waals surface area contributed by atoms with Crippen LogP contribution in [0.2, 0.25) is 0 Å². The van der Waals surface area contributed by atoms with Crippen molar-refractivity contribution in [2.45, 2.75) is 25.1 Å². The lowest BCUT2D eigenvalue weighted by atomic mass is 9.88. The molecule has 2 atom stereocenters. The zero-order valence-electron chi connectivity index (χ0n) is 10.1. The van der Waals surface area contributed by atoms with E-state index < -0.39 is 23.6 Å². The van der Waals surface area contributed by atoms with Gasteiger partial charge in [0.05, 0.1) is 11.5 Å². The van der Waals surface area contributed by atoms with E-state index >= 15 is 0 Å². The van der Waals surface area contributed by atoms with Crippen LogP contribution in [0.25, 0.3) is 0 Å². The summed E-state index contributed by atoms with van der Waals surface area (Å²) >= 11 is 0. The number of rotatable bonds is 2. The first-order valence-corrected chi connectivity index (χ1v) is 6.01. The minimum Gasteiger partial charge on any atom is -0.481 e. The maximum Gasteiger partial charge on any atom is 0.416 e. The number of piperidine rings is 1. The first kappa shape index (κ1) is 13.9. The molecule has 19 heavy (non-hydrogen) atoms. The van der Waals surface area contributed by atoms with E-state index in [1.807, 2.05) is 0 Å². The molecule has 2 N–H and O–H groups in total. The lowest BCUT2D eigenvalue weighted by Crippen LogP contribution is -2.34. The molecular formula is C13H14F3NO2. The van der Waals surface area contributed by atoms with Gasteiger partial charge in [0.15, 0.2) is 0 Å². The van der Waals surface area contributed by atoms with E-state index in [1.165, 1.54) is 12.1 Å². The number of halogens is 3. The van der Waals surface area contributed by atoms with Crippen molar-refractivity contribution in [2.75, 3.05) is 6.54 Å². The van der Waals surface area contributed by atoms with Gasteiger partial charge < -0.3 is 10.4 Å². The van der Waals surface area contributed by atoms with Crippen molar-refractivity contribution in [1.29, 1.82) is 0 Å². The molecule has 1 aliphatic rings. The molecule has 2 unspecified atom stereocenters. The molecule has 1 aliphatic heterocycles. The van der Waals surface area contributed by atoms with E-state index in [4.69, 9.17) is 5.11 Å². The maximum absolute atomic E-state index is 12.4. The van der Waals surface area contributed by atoms with E-state index in [1.54, 1.807) is 0 Å². The molecular weight excluding hydrogens is 259 g/mol. The first-order chi connectivity index (χ1) is 8.88. The minimum absolute atomic E-state index is 0.197. The molecule has 0 saturated carbocycles. The normalized spacial score (nSPS) is 24.2. The molecule has 2 rings (SSSR count). The minimum atomic E-state index is -4.35. The molecule has 1 saturated heterocycles. The number of carbonyl (C=O) groups is 1. The molecule has 0 bridgehead atoms. The monoisotopic (exact) mass is 273 g/mol. The highest BCUT2D eigenvalue weighted by Crippen LogP contribution is 2.32. The summed E-state index contributed by atoms with van der Waals surface area (Å²) in [5.74, 6) is -1.29. The Balaban J connectivity index is 2.12. The topological polar surface area (TPSA) is 49.3 Å². The van der Waals surface area contributed by atoms with Gasteiger partial charge in [-0.25, -0.2) is 0 Å². The Morgan fingerprint density at radius 2 is 1.89 bits per heavy atom. The number of hydrogen-bond acceptors (Lipinski definition) is 2. The number of hydrogen-bond donors (Lipinski definition) is 2. The lowest BCUT2D eigenvalue weighted by Gasteiger charge is -2.28. The smallest absolute Gasteiger partial charge is 0.416 e. The Bertz CT molecular complexity index is 456. The molecule has 1 aromatic carbocycles. The zero-order valence-corrected chi connectivity index (χ0v) is 10.1. The van der Waals surface area contributed by atoms with Crippen LogP contribution in [-0.2, 0) is 11.0 Å². The molecule has 0 aliphatic carbocycles. The van der Waals surface area contributed by atoms with Crippen LogP contribution in [0, 0.1) is 5.92 Å². The third kappa shape index (κ3) is 3.26. The highest BCUT2D eigenvalue weighted by molar-refractivity contribution is 5.70. The molecule has 104 valence electrons. The van der Waals surface area contributed by atoms with Crippen LogP contribution in [0.4, 0.5) is 13.2 Å². The Morgan fingerprint density at radius 3 is 2.42 bits per heavy atom. The zero-order chi connectivity index (χ0) is 14.0. The largest absolute Gasteiger partial charge is 0.481 e. The van der Waals surface area contributed by atoms with Gasteiger partial charge in [0, 0.05) is 6.04 Å². The van der Waals surface area contributed by atoms with Crippen molar-refractivity contribution >= 4 is 5.97 Å². The van der Waals surface area contributed by atoms with Gasteiger partial charge in [-0.3, -0.25) is 4.79 Å². The van der Waals surface area contributed by atoms with Crippen molar-refractivity contribution < 1.29 is 23.1 Å². The number of aliphatic carboxylic acids is 1. The standard InChI is InChI=1S/C13H14F3NO2/c14-13(15,16)10-3-1-8(2-4-10)11-7-9(12(18)19)5-6-17-11/h1-4,9,11,17H,5-7H2,(H,18,19). The average Bonchev–Trinajstić information content (AvgIpc) is 2.38. The van der Waals surface area contributed by atoms with Gasteiger partial charge in [0.1, 0.15) is 0 Å². The number of carboxylic acid groups (broad SMARTS) is 1. The van der Waals surface area contributed by atoms with Crippen LogP contribution >= 0.6 is 0 Å². The van der Waals surface area contributed by atoms with E-state index in [-0.39, 0.29) is 6.04 Å². The van der Waals surface area contributed by atoms with Crippen LogP contribution in [0.1, 0.15) is 30.0 Å². The van der Waals surface area contributed by atoms with E-state index in [0.717, 1.165) is 12.1 Å². The highest BCUT2D eigenvalue weighted by atomic mass is 19.4. The highest BCUT2D eigenvalue weighted by Gasteiger charge is 2.31. The maximum atomic E-state index is 12.4. The van der Waals surface area contributed by atoms with Crippen molar-refractivity contribution in [1.82, 2.24) is 5.32 Å². The van der Waals surface area contributed by atoms with Crippen LogP contribution in [-0.4, -0.2) is 17.6 Å². The van der Waals surface area contributed by atoms with Crippen molar-refractivity contribution in [3.05, 3.63) is 35.4 Å². The van der Waals surface area contributed by atoms with Gasteiger partial charge in [-0.1, -0.05) is 12.1 Å². The van der Waals surface area contributed by atoms with Gasteiger partial charge in [0.2, 0.25) is 0 Å². The summed E-state index contributed by atoms with van der Waals surface area (Å²) in [5.41, 5.74) is 0.000735. The van der Waals surface area contributed by atoms with Crippen LogP contribution in [0.3, 0.4) is 0 Å². The fraction of sp³-hybridized carbons (Fsp3) is 0.462. The Hall–Kier alpha value is -1.56. The fourth-order valence-corrected chi connectivity index (χ4v) is 2.30. The summed E-state index contributed by atoms with van der Waals surface area (Å²) in [4.78, 5) is 10.9. The van der Waals surface area contributed by atoms with Crippen molar-refractivity contribution in [3.63, 3.8) is 0 Å². The summed E-state index contributed by atoms with van der Waals surface area (Å²) in [6, 6.07) is 4.68. The molecule has 0 radical (unpaired) electrons. The fourth-order valence-electron chi connectivity index (χ4n) is 2.30. The summed E-state index contributed by atoms with van der Waals surface area (Å²) in [6.07, 6.45) is -3.39. The molecule has 6 heteroatoms. The summed E-state index contributed by atoms with van der Waals surface area (Å²) in [7, 11) is 0. The van der Waals surface area contributed by atoms with Crippen molar-refractivity contribution in [3.8, 4) is 0 Å². The van der Waals surface area contributed by atoms with E-state index in [2.05, 4.69) is 5.32 Å².